The average molecular weight is 134 g/mol. The van der Waals surface area contributed by atoms with E-state index in [1.165, 1.54) is 13.8 Å². The van der Waals surface area contributed by atoms with Gasteiger partial charge in [-0.1, -0.05) is 5.87 Å². The summed E-state index contributed by atoms with van der Waals surface area (Å²) >= 11 is 0. The van der Waals surface area contributed by atoms with Gasteiger partial charge < -0.3 is 4.79 Å². The van der Waals surface area contributed by atoms with Gasteiger partial charge in [-0.05, 0) is 26.4 Å². The van der Waals surface area contributed by atoms with Gasteiger partial charge in [-0.2, -0.15) is 10.5 Å². The van der Waals surface area contributed by atoms with E-state index >= 15 is 0 Å². The molecule has 1 nitrogen and oxygen atoms in total. The molecule has 0 bridgehead atoms. The Bertz CT molecular complexity index is 66.5. The third kappa shape index (κ3) is 11600. The van der Waals surface area contributed by atoms with Crippen LogP contribution < -0.4 is 0 Å². The van der Waals surface area contributed by atoms with Crippen molar-refractivity contribution in [3.05, 3.63) is 0 Å². The second kappa shape index (κ2) is 6.89. The number of hydrogen-bond acceptors (Lipinski definition) is 1. The molecule has 8 heavy (non-hydrogen) atoms. The van der Waals surface area contributed by atoms with Crippen LogP contribution in [0.2, 0.25) is 0 Å². The molecular weight excluding hydrogens is 120 g/mol. The van der Waals surface area contributed by atoms with Crippen LogP contribution in [-0.2, 0) is 4.79 Å². The quantitative estimate of drug-likeness (QED) is 0.459. The Balaban J connectivity index is 0. The highest BCUT2D eigenvalue weighted by Gasteiger charge is 1.62. The van der Waals surface area contributed by atoms with Crippen molar-refractivity contribution in [2.75, 3.05) is 12.5 Å². The SMILES string of the molecule is C=S(C)C.CC(C)=O. The molecule has 0 atom stereocenters. The fraction of sp³-hybridized carbons (Fsp3) is 0.667. The summed E-state index contributed by atoms with van der Waals surface area (Å²) in [5.74, 6) is 3.83. The number of rotatable bonds is 0. The molecule has 0 radical (unpaired) electrons. The first-order valence-electron chi connectivity index (χ1n) is 2.31. The van der Waals surface area contributed by atoms with Gasteiger partial charge in [0.15, 0.2) is 0 Å². The maximum Gasteiger partial charge on any atom is 0.126 e. The van der Waals surface area contributed by atoms with Gasteiger partial charge in [-0.15, -0.1) is 0 Å². The summed E-state index contributed by atoms with van der Waals surface area (Å²) in [6.45, 7) is 3.06. The Labute approximate surface area is 54.0 Å². The van der Waals surface area contributed by atoms with Gasteiger partial charge in [0.2, 0.25) is 0 Å². The fourth-order valence-corrected chi connectivity index (χ4v) is 0. The Kier molecular flexibility index (Phi) is 9.30. The minimum absolute atomic E-state index is 0.167. The molecule has 0 saturated carbocycles. The zero-order chi connectivity index (χ0) is 7.15. The Morgan fingerprint density at radius 1 is 1.38 bits per heavy atom. The molecule has 0 fully saturated rings. The van der Waals surface area contributed by atoms with Gasteiger partial charge in [0.25, 0.3) is 0 Å². The first-order valence-corrected chi connectivity index (χ1v) is 4.52. The molecule has 0 aromatic carbocycles. The van der Waals surface area contributed by atoms with Crippen molar-refractivity contribution in [3.63, 3.8) is 0 Å². The number of carbonyl (C=O) groups excluding carboxylic acids is 1. The van der Waals surface area contributed by atoms with Crippen molar-refractivity contribution in [2.24, 2.45) is 0 Å². The molecule has 0 amide bonds. The number of hydrogen-bond donors (Lipinski definition) is 0. The molecule has 0 N–H and O–H groups in total. The summed E-state index contributed by atoms with van der Waals surface area (Å²) in [6, 6.07) is 0. The fourth-order valence-electron chi connectivity index (χ4n) is 0. The van der Waals surface area contributed by atoms with Crippen LogP contribution in [0.1, 0.15) is 13.8 Å². The lowest BCUT2D eigenvalue weighted by molar-refractivity contribution is -0.114. The van der Waals surface area contributed by atoms with Crippen LogP contribution in [-0.4, -0.2) is 24.2 Å². The van der Waals surface area contributed by atoms with E-state index in [1.54, 1.807) is 0 Å². The predicted molar refractivity (Wildman–Crippen MR) is 42.9 cm³/mol. The summed E-state index contributed by atoms with van der Waals surface area (Å²) in [4.78, 5) is 9.44. The molecule has 0 unspecified atom stereocenters. The normalized spacial score (nSPS) is 7.62. The second-order valence-corrected chi connectivity index (χ2v) is 3.87. The first kappa shape index (κ1) is 10.8. The molecule has 0 spiro atoms. The Morgan fingerprint density at radius 2 is 1.38 bits per heavy atom. The third-order valence-corrected chi connectivity index (χ3v) is 0. The Hall–Kier alpha value is -0.110. The summed E-state index contributed by atoms with van der Waals surface area (Å²) in [5.41, 5.74) is 0. The van der Waals surface area contributed by atoms with Crippen LogP contribution in [0.25, 0.3) is 0 Å². The van der Waals surface area contributed by atoms with Crippen molar-refractivity contribution in [1.29, 1.82) is 0 Å². The Morgan fingerprint density at radius 3 is 1.38 bits per heavy atom. The minimum atomic E-state index is 0.167. The number of Topliss-reactive ketones (excluding diaryl/α,β-unsaturated/α-hetero) is 1. The lowest BCUT2D eigenvalue weighted by atomic mass is 10.6. The van der Waals surface area contributed by atoms with E-state index in [0.717, 1.165) is 0 Å². The highest BCUT2D eigenvalue weighted by Crippen LogP contribution is 1.86. The third-order valence-electron chi connectivity index (χ3n) is 0. The maximum absolute atomic E-state index is 9.44. The maximum atomic E-state index is 9.44. The van der Waals surface area contributed by atoms with Crippen LogP contribution in [0.15, 0.2) is 0 Å². The highest BCUT2D eigenvalue weighted by molar-refractivity contribution is 8.12. The van der Waals surface area contributed by atoms with E-state index in [1.807, 2.05) is 0 Å². The molecular formula is C6H14OS. The van der Waals surface area contributed by atoms with Crippen molar-refractivity contribution < 1.29 is 4.79 Å². The smallest absolute Gasteiger partial charge is 0.126 e. The standard InChI is InChI=1S/C3H6O.C3H8S/c1-3(2)4;1-4(2)3/h1-2H3;1H2,2-3H3. The lowest BCUT2D eigenvalue weighted by Crippen LogP contribution is -1.69. The molecule has 0 rings (SSSR count). The molecule has 2 heteroatoms. The van der Waals surface area contributed by atoms with Crippen molar-refractivity contribution in [2.45, 2.75) is 13.8 Å². The summed E-state index contributed by atoms with van der Waals surface area (Å²) < 4.78 is 0. The van der Waals surface area contributed by atoms with E-state index in [9.17, 15) is 4.79 Å². The van der Waals surface area contributed by atoms with Crippen LogP contribution in [0, 0.1) is 0 Å². The molecule has 0 aliphatic carbocycles. The predicted octanol–water partition coefficient (Wildman–Crippen LogP) is 1.54. The molecule has 0 aromatic heterocycles. The van der Waals surface area contributed by atoms with Crippen molar-refractivity contribution in [1.82, 2.24) is 0 Å². The van der Waals surface area contributed by atoms with Gasteiger partial charge in [-0.25, -0.2) is 0 Å². The molecule has 0 heterocycles. The van der Waals surface area contributed by atoms with Crippen LogP contribution in [0.3, 0.4) is 0 Å². The summed E-state index contributed by atoms with van der Waals surface area (Å²) in [7, 11) is 0.389. The zero-order valence-electron chi connectivity index (χ0n) is 6.02. The lowest BCUT2D eigenvalue weighted by Gasteiger charge is -1.70. The monoisotopic (exact) mass is 134 g/mol. The average Bonchev–Trinajstić information content (AvgIpc) is 1.25. The molecule has 50 valence electrons. The number of ketones is 1. The topological polar surface area (TPSA) is 17.1 Å². The van der Waals surface area contributed by atoms with Crippen molar-refractivity contribution in [3.8, 4) is 0 Å². The van der Waals surface area contributed by atoms with Gasteiger partial charge in [-0.3, -0.25) is 0 Å². The van der Waals surface area contributed by atoms with Gasteiger partial charge in [0, 0.05) is 0 Å². The number of carbonyl (C=O) groups is 1. The van der Waals surface area contributed by atoms with E-state index in [2.05, 4.69) is 18.4 Å². The van der Waals surface area contributed by atoms with E-state index in [-0.39, 0.29) is 5.78 Å². The van der Waals surface area contributed by atoms with Gasteiger partial charge in [0.1, 0.15) is 5.78 Å². The molecule has 0 aliphatic rings. The minimum Gasteiger partial charge on any atom is -0.300 e. The van der Waals surface area contributed by atoms with E-state index in [4.69, 9.17) is 0 Å². The molecule has 0 aromatic rings. The highest BCUT2D eigenvalue weighted by atomic mass is 32.2. The van der Waals surface area contributed by atoms with Gasteiger partial charge >= 0.3 is 0 Å². The summed E-state index contributed by atoms with van der Waals surface area (Å²) in [6.07, 6.45) is 4.17. The van der Waals surface area contributed by atoms with E-state index < -0.39 is 0 Å². The van der Waals surface area contributed by atoms with Crippen LogP contribution in [0.4, 0.5) is 0 Å². The van der Waals surface area contributed by atoms with E-state index in [0.29, 0.717) is 10.5 Å². The largest absolute Gasteiger partial charge is 0.300 e. The molecule has 0 aliphatic heterocycles. The van der Waals surface area contributed by atoms with Crippen LogP contribution in [0.5, 0.6) is 0 Å². The van der Waals surface area contributed by atoms with Gasteiger partial charge in [0.05, 0.1) is 0 Å². The second-order valence-electron chi connectivity index (χ2n) is 1.89. The van der Waals surface area contributed by atoms with Crippen molar-refractivity contribution >= 4 is 22.1 Å². The summed E-state index contributed by atoms with van der Waals surface area (Å²) in [5, 5.41) is 0. The van der Waals surface area contributed by atoms with Crippen LogP contribution >= 0.6 is 10.5 Å². The zero-order valence-corrected chi connectivity index (χ0v) is 6.84. The molecule has 0 saturated heterocycles. The first-order chi connectivity index (χ1) is 3.46.